The number of aromatic nitrogens is 2. The fourth-order valence-electron chi connectivity index (χ4n) is 2.49. The number of rotatable bonds is 5. The van der Waals surface area contributed by atoms with Crippen LogP contribution in [0.4, 0.5) is 19.0 Å². The molecule has 0 aliphatic rings. The van der Waals surface area contributed by atoms with Gasteiger partial charge in [-0.15, -0.1) is 11.6 Å². The van der Waals surface area contributed by atoms with Gasteiger partial charge in [-0.05, 0) is 17.7 Å². The SMILES string of the molecule is O=S(=O)(Nc1nccnc1-c1ccc(CCl)cc1)c1ccccc1C(F)(F)F. The van der Waals surface area contributed by atoms with Crippen molar-refractivity contribution in [1.82, 2.24) is 9.97 Å². The highest BCUT2D eigenvalue weighted by Crippen LogP contribution is 2.35. The van der Waals surface area contributed by atoms with Crippen LogP contribution < -0.4 is 4.72 Å². The molecule has 3 aromatic rings. The van der Waals surface area contributed by atoms with E-state index in [0.29, 0.717) is 17.5 Å². The molecule has 28 heavy (non-hydrogen) atoms. The maximum atomic E-state index is 13.2. The maximum absolute atomic E-state index is 13.2. The molecule has 0 bridgehead atoms. The molecule has 0 atom stereocenters. The average Bonchev–Trinajstić information content (AvgIpc) is 2.68. The standard InChI is InChI=1S/C18H13ClF3N3O2S/c19-11-12-5-7-13(8-6-12)16-17(24-10-9-23-16)25-28(26,27)15-4-2-1-3-14(15)18(20,21)22/h1-10H,11H2,(H,24,25). The van der Waals surface area contributed by atoms with Crippen molar-refractivity contribution >= 4 is 27.4 Å². The van der Waals surface area contributed by atoms with Crippen LogP contribution in [-0.4, -0.2) is 18.4 Å². The normalized spacial score (nSPS) is 12.0. The van der Waals surface area contributed by atoms with Crippen molar-refractivity contribution in [2.45, 2.75) is 17.0 Å². The van der Waals surface area contributed by atoms with Crippen molar-refractivity contribution in [1.29, 1.82) is 0 Å². The van der Waals surface area contributed by atoms with E-state index < -0.39 is 26.7 Å². The zero-order valence-corrected chi connectivity index (χ0v) is 15.7. The molecule has 0 aliphatic carbocycles. The maximum Gasteiger partial charge on any atom is 0.417 e. The van der Waals surface area contributed by atoms with Crippen LogP contribution in [0.3, 0.4) is 0 Å². The summed E-state index contributed by atoms with van der Waals surface area (Å²) in [5.74, 6) is 0.118. The molecule has 146 valence electrons. The molecule has 0 amide bonds. The molecule has 5 nitrogen and oxygen atoms in total. The molecule has 0 spiro atoms. The summed E-state index contributed by atoms with van der Waals surface area (Å²) in [7, 11) is -4.56. The van der Waals surface area contributed by atoms with Crippen molar-refractivity contribution in [3.05, 3.63) is 72.1 Å². The summed E-state index contributed by atoms with van der Waals surface area (Å²) in [4.78, 5) is 7.16. The molecule has 0 unspecified atom stereocenters. The van der Waals surface area contributed by atoms with Gasteiger partial charge in [0.15, 0.2) is 5.82 Å². The number of hydrogen-bond acceptors (Lipinski definition) is 4. The van der Waals surface area contributed by atoms with Crippen LogP contribution in [0.5, 0.6) is 0 Å². The number of sulfonamides is 1. The van der Waals surface area contributed by atoms with Gasteiger partial charge in [-0.3, -0.25) is 9.71 Å². The van der Waals surface area contributed by atoms with Gasteiger partial charge in [-0.1, -0.05) is 36.4 Å². The summed E-state index contributed by atoms with van der Waals surface area (Å²) in [6, 6.07) is 10.7. The number of anilines is 1. The Bertz CT molecular complexity index is 1090. The zero-order valence-electron chi connectivity index (χ0n) is 14.1. The minimum absolute atomic E-state index is 0.177. The number of halogens is 4. The van der Waals surface area contributed by atoms with Crippen LogP contribution in [0, 0.1) is 0 Å². The van der Waals surface area contributed by atoms with Gasteiger partial charge in [0, 0.05) is 23.8 Å². The Morgan fingerprint density at radius 1 is 0.964 bits per heavy atom. The van der Waals surface area contributed by atoms with Crippen LogP contribution in [0.2, 0.25) is 0 Å². The number of benzene rings is 2. The van der Waals surface area contributed by atoms with E-state index in [9.17, 15) is 21.6 Å². The summed E-state index contributed by atoms with van der Waals surface area (Å²) >= 11 is 5.75. The monoisotopic (exact) mass is 427 g/mol. The van der Waals surface area contributed by atoms with E-state index in [0.717, 1.165) is 17.7 Å². The lowest BCUT2D eigenvalue weighted by Crippen LogP contribution is -2.20. The fourth-order valence-corrected chi connectivity index (χ4v) is 3.92. The molecular formula is C18H13ClF3N3O2S. The van der Waals surface area contributed by atoms with E-state index in [1.165, 1.54) is 18.5 Å². The fraction of sp³-hybridized carbons (Fsp3) is 0.111. The summed E-state index contributed by atoms with van der Waals surface area (Å²) in [6.45, 7) is 0. The first-order valence-electron chi connectivity index (χ1n) is 7.88. The molecule has 0 fully saturated rings. The summed E-state index contributed by atoms with van der Waals surface area (Å²) in [5.41, 5.74) is 0.287. The highest BCUT2D eigenvalue weighted by Gasteiger charge is 2.37. The first-order valence-corrected chi connectivity index (χ1v) is 9.89. The third-order valence-corrected chi connectivity index (χ3v) is 5.50. The first kappa shape index (κ1) is 20.1. The van der Waals surface area contributed by atoms with Crippen LogP contribution in [0.15, 0.2) is 65.8 Å². The van der Waals surface area contributed by atoms with Gasteiger partial charge >= 0.3 is 6.18 Å². The topological polar surface area (TPSA) is 72.0 Å². The Morgan fingerprint density at radius 3 is 2.25 bits per heavy atom. The van der Waals surface area contributed by atoms with Gasteiger partial charge in [0.05, 0.1) is 10.5 Å². The summed E-state index contributed by atoms with van der Waals surface area (Å²) in [5, 5.41) is 0. The minimum Gasteiger partial charge on any atom is -0.262 e. The van der Waals surface area contributed by atoms with Crippen LogP contribution in [0.25, 0.3) is 11.3 Å². The number of hydrogen-bond donors (Lipinski definition) is 1. The molecule has 10 heteroatoms. The van der Waals surface area contributed by atoms with Crippen LogP contribution in [0.1, 0.15) is 11.1 Å². The second-order valence-corrected chi connectivity index (χ2v) is 7.60. The molecule has 1 N–H and O–H groups in total. The van der Waals surface area contributed by atoms with Gasteiger partial charge in [0.25, 0.3) is 10.0 Å². The van der Waals surface area contributed by atoms with Crippen molar-refractivity contribution in [2.75, 3.05) is 4.72 Å². The van der Waals surface area contributed by atoms with Crippen LogP contribution >= 0.6 is 11.6 Å². The number of alkyl halides is 4. The van der Waals surface area contributed by atoms with E-state index in [1.54, 1.807) is 24.3 Å². The molecule has 0 aliphatic heterocycles. The van der Waals surface area contributed by atoms with Crippen molar-refractivity contribution in [3.8, 4) is 11.3 Å². The summed E-state index contributed by atoms with van der Waals surface area (Å²) < 4.78 is 67.0. The van der Waals surface area contributed by atoms with Gasteiger partial charge in [0.1, 0.15) is 5.69 Å². The van der Waals surface area contributed by atoms with Crippen molar-refractivity contribution in [3.63, 3.8) is 0 Å². The van der Waals surface area contributed by atoms with Gasteiger partial charge in [0.2, 0.25) is 0 Å². The lowest BCUT2D eigenvalue weighted by molar-refractivity contribution is -0.139. The largest absolute Gasteiger partial charge is 0.417 e. The quantitative estimate of drug-likeness (QED) is 0.599. The third-order valence-electron chi connectivity index (χ3n) is 3.79. The third kappa shape index (κ3) is 4.26. The van der Waals surface area contributed by atoms with Gasteiger partial charge in [-0.25, -0.2) is 13.4 Å². The molecule has 1 aromatic heterocycles. The Labute approximate surface area is 164 Å². The Balaban J connectivity index is 2.03. The van der Waals surface area contributed by atoms with Crippen LogP contribution in [-0.2, 0) is 22.1 Å². The number of nitrogens with zero attached hydrogens (tertiary/aromatic N) is 2. The summed E-state index contributed by atoms with van der Waals surface area (Å²) in [6.07, 6.45) is -2.23. The lowest BCUT2D eigenvalue weighted by Gasteiger charge is -2.15. The Morgan fingerprint density at radius 2 is 1.61 bits per heavy atom. The van der Waals surface area contributed by atoms with E-state index in [-0.39, 0.29) is 11.5 Å². The zero-order chi connectivity index (χ0) is 20.4. The second kappa shape index (κ2) is 7.76. The Kier molecular flexibility index (Phi) is 5.57. The smallest absolute Gasteiger partial charge is 0.262 e. The molecule has 2 aromatic carbocycles. The van der Waals surface area contributed by atoms with Gasteiger partial charge < -0.3 is 0 Å². The molecule has 1 heterocycles. The average molecular weight is 428 g/mol. The van der Waals surface area contributed by atoms with E-state index in [1.807, 2.05) is 0 Å². The lowest BCUT2D eigenvalue weighted by atomic mass is 10.1. The second-order valence-electron chi connectivity index (χ2n) is 5.68. The van der Waals surface area contributed by atoms with E-state index in [4.69, 9.17) is 11.6 Å². The first-order chi connectivity index (χ1) is 13.2. The molecule has 0 radical (unpaired) electrons. The number of nitrogens with one attached hydrogen (secondary N) is 1. The predicted molar refractivity (Wildman–Crippen MR) is 99.3 cm³/mol. The highest BCUT2D eigenvalue weighted by molar-refractivity contribution is 7.92. The molecule has 3 rings (SSSR count). The molecular weight excluding hydrogens is 415 g/mol. The predicted octanol–water partition coefficient (Wildman–Crippen LogP) is 4.70. The molecule has 0 saturated carbocycles. The van der Waals surface area contributed by atoms with Crippen molar-refractivity contribution in [2.24, 2.45) is 0 Å². The molecule has 0 saturated heterocycles. The highest BCUT2D eigenvalue weighted by atomic mass is 35.5. The Hall–Kier alpha value is -2.65. The van der Waals surface area contributed by atoms with Crippen molar-refractivity contribution < 1.29 is 21.6 Å². The van der Waals surface area contributed by atoms with E-state index in [2.05, 4.69) is 14.7 Å². The van der Waals surface area contributed by atoms with Gasteiger partial charge in [-0.2, -0.15) is 13.2 Å². The van der Waals surface area contributed by atoms with E-state index >= 15 is 0 Å². The minimum atomic E-state index is -4.83.